The van der Waals surface area contributed by atoms with Gasteiger partial charge in [0.25, 0.3) is 0 Å². The molecule has 1 heterocycles. The summed E-state index contributed by atoms with van der Waals surface area (Å²) in [5.74, 6) is 0. The van der Waals surface area contributed by atoms with Crippen LogP contribution in [0.1, 0.15) is 5.56 Å². The van der Waals surface area contributed by atoms with Gasteiger partial charge in [0.15, 0.2) is 0 Å². The van der Waals surface area contributed by atoms with Crippen molar-refractivity contribution in [3.8, 4) is 0 Å². The number of benzene rings is 2. The number of aromatic nitrogens is 3. The highest BCUT2D eigenvalue weighted by molar-refractivity contribution is 7.99. The highest BCUT2D eigenvalue weighted by atomic mass is 35.5. The number of anilines is 2. The lowest BCUT2D eigenvalue weighted by atomic mass is 10.2. The van der Waals surface area contributed by atoms with Gasteiger partial charge in [-0.1, -0.05) is 23.4 Å². The predicted molar refractivity (Wildman–Crippen MR) is 95.1 cm³/mol. The molecule has 23 heavy (non-hydrogen) atoms. The van der Waals surface area contributed by atoms with Gasteiger partial charge in [-0.3, -0.25) is 0 Å². The summed E-state index contributed by atoms with van der Waals surface area (Å²) >= 11 is 7.81. The van der Waals surface area contributed by atoms with Crippen molar-refractivity contribution >= 4 is 34.7 Å². The summed E-state index contributed by atoms with van der Waals surface area (Å²) in [5.41, 5.74) is 8.67. The molecule has 2 aromatic carbocycles. The van der Waals surface area contributed by atoms with Crippen molar-refractivity contribution in [2.75, 3.05) is 18.1 Å². The maximum atomic E-state index is 6.15. The molecule has 0 bridgehead atoms. The molecule has 118 valence electrons. The summed E-state index contributed by atoms with van der Waals surface area (Å²) in [7, 11) is 1.86. The van der Waals surface area contributed by atoms with Gasteiger partial charge < -0.3 is 11.1 Å². The second kappa shape index (κ2) is 6.93. The van der Waals surface area contributed by atoms with E-state index in [-0.39, 0.29) is 0 Å². The van der Waals surface area contributed by atoms with Crippen molar-refractivity contribution in [1.82, 2.24) is 14.8 Å². The topological polar surface area (TPSA) is 68.8 Å². The Balaban J connectivity index is 1.90. The number of nitrogens with zero attached hydrogens (tertiary/aromatic N) is 3. The second-order valence-corrected chi connectivity index (χ2v) is 6.50. The van der Waals surface area contributed by atoms with Crippen LogP contribution >= 0.6 is 23.4 Å². The van der Waals surface area contributed by atoms with Crippen molar-refractivity contribution in [1.29, 1.82) is 0 Å². The maximum absolute atomic E-state index is 6.15. The van der Waals surface area contributed by atoms with E-state index < -0.39 is 0 Å². The summed E-state index contributed by atoms with van der Waals surface area (Å²) in [6, 6.07) is 11.8. The van der Waals surface area contributed by atoms with Gasteiger partial charge in [0.1, 0.15) is 12.7 Å². The van der Waals surface area contributed by atoms with Crippen LogP contribution in [-0.2, 0) is 6.54 Å². The van der Waals surface area contributed by atoms with Crippen molar-refractivity contribution in [3.63, 3.8) is 0 Å². The first-order chi connectivity index (χ1) is 11.2. The third-order valence-electron chi connectivity index (χ3n) is 3.34. The van der Waals surface area contributed by atoms with Gasteiger partial charge in [0.2, 0.25) is 0 Å². The molecule has 0 atom stereocenters. The highest BCUT2D eigenvalue weighted by Crippen LogP contribution is 2.35. The Morgan fingerprint density at radius 3 is 2.87 bits per heavy atom. The Bertz CT molecular complexity index is 804. The van der Waals surface area contributed by atoms with Crippen LogP contribution in [0.3, 0.4) is 0 Å². The van der Waals surface area contributed by atoms with Gasteiger partial charge in [0, 0.05) is 21.9 Å². The summed E-state index contributed by atoms with van der Waals surface area (Å²) in [4.78, 5) is 6.20. The van der Waals surface area contributed by atoms with Crippen LogP contribution in [-0.4, -0.2) is 21.8 Å². The zero-order valence-corrected chi connectivity index (χ0v) is 14.1. The van der Waals surface area contributed by atoms with E-state index in [1.54, 1.807) is 22.8 Å². The standard InChI is InChI=1S/C16H16ClN5S/c1-19-15-7-13(3-4-14(15)18)23-16-5-2-12(17)6-11(16)8-22-10-20-9-21-22/h2-7,9-10,19H,8,18H2,1H3. The van der Waals surface area contributed by atoms with E-state index in [9.17, 15) is 0 Å². The first kappa shape index (κ1) is 15.7. The van der Waals surface area contributed by atoms with E-state index in [0.29, 0.717) is 11.6 Å². The summed E-state index contributed by atoms with van der Waals surface area (Å²) in [5, 5.41) is 7.96. The average molecular weight is 346 g/mol. The van der Waals surface area contributed by atoms with Gasteiger partial charge in [-0.25, -0.2) is 9.67 Å². The molecule has 0 saturated carbocycles. The number of hydrogen-bond donors (Lipinski definition) is 2. The fraction of sp³-hybridized carbons (Fsp3) is 0.125. The van der Waals surface area contributed by atoms with Crippen molar-refractivity contribution in [2.24, 2.45) is 0 Å². The van der Waals surface area contributed by atoms with Crippen molar-refractivity contribution < 1.29 is 0 Å². The van der Waals surface area contributed by atoms with Gasteiger partial charge in [-0.2, -0.15) is 5.10 Å². The average Bonchev–Trinajstić information content (AvgIpc) is 3.04. The van der Waals surface area contributed by atoms with Gasteiger partial charge in [-0.05, 0) is 42.0 Å². The monoisotopic (exact) mass is 345 g/mol. The molecule has 1 aromatic heterocycles. The van der Waals surface area contributed by atoms with E-state index >= 15 is 0 Å². The summed E-state index contributed by atoms with van der Waals surface area (Å²) in [6.45, 7) is 0.622. The fourth-order valence-electron chi connectivity index (χ4n) is 2.20. The molecule has 0 fully saturated rings. The van der Waals surface area contributed by atoms with E-state index in [2.05, 4.69) is 15.4 Å². The molecule has 0 aliphatic rings. The van der Waals surface area contributed by atoms with Crippen LogP contribution in [0.5, 0.6) is 0 Å². The molecule has 0 radical (unpaired) electrons. The van der Waals surface area contributed by atoms with Crippen LogP contribution in [0, 0.1) is 0 Å². The van der Waals surface area contributed by atoms with E-state index in [4.69, 9.17) is 17.3 Å². The molecule has 5 nitrogen and oxygen atoms in total. The summed E-state index contributed by atoms with van der Waals surface area (Å²) in [6.07, 6.45) is 3.22. The molecule has 0 amide bonds. The number of hydrogen-bond acceptors (Lipinski definition) is 5. The number of halogens is 1. The van der Waals surface area contributed by atoms with E-state index in [0.717, 1.165) is 26.7 Å². The van der Waals surface area contributed by atoms with Crippen molar-refractivity contribution in [2.45, 2.75) is 16.3 Å². The molecule has 7 heteroatoms. The number of nitrogens with two attached hydrogens (primary N) is 1. The molecule has 0 aliphatic heterocycles. The van der Waals surface area contributed by atoms with Crippen LogP contribution < -0.4 is 11.1 Å². The lowest BCUT2D eigenvalue weighted by Gasteiger charge is -2.12. The molecule has 3 N–H and O–H groups in total. The first-order valence-corrected chi connectivity index (χ1v) is 8.21. The van der Waals surface area contributed by atoms with Gasteiger partial charge >= 0.3 is 0 Å². The Morgan fingerprint density at radius 1 is 1.26 bits per heavy atom. The fourth-order valence-corrected chi connectivity index (χ4v) is 3.35. The van der Waals surface area contributed by atoms with Crippen LogP contribution in [0.2, 0.25) is 5.02 Å². The first-order valence-electron chi connectivity index (χ1n) is 7.01. The third kappa shape index (κ3) is 3.78. The number of rotatable bonds is 5. The number of nitrogens with one attached hydrogen (secondary N) is 1. The largest absolute Gasteiger partial charge is 0.397 e. The minimum Gasteiger partial charge on any atom is -0.397 e. The lowest BCUT2D eigenvalue weighted by Crippen LogP contribution is -2.01. The molecule has 0 spiro atoms. The second-order valence-electron chi connectivity index (χ2n) is 4.95. The Morgan fingerprint density at radius 2 is 2.13 bits per heavy atom. The van der Waals surface area contributed by atoms with Gasteiger partial charge in [-0.15, -0.1) is 0 Å². The zero-order chi connectivity index (χ0) is 16.2. The normalized spacial score (nSPS) is 10.7. The predicted octanol–water partition coefficient (Wildman–Crippen LogP) is 3.75. The molecule has 0 saturated heterocycles. The third-order valence-corrected chi connectivity index (χ3v) is 4.69. The Labute approximate surface area is 143 Å². The quantitative estimate of drug-likeness (QED) is 0.689. The lowest BCUT2D eigenvalue weighted by molar-refractivity contribution is 0.677. The van der Waals surface area contributed by atoms with Crippen LogP contribution in [0.15, 0.2) is 58.8 Å². The zero-order valence-electron chi connectivity index (χ0n) is 12.5. The molecule has 3 rings (SSSR count). The maximum Gasteiger partial charge on any atom is 0.137 e. The minimum absolute atomic E-state index is 0.622. The van der Waals surface area contributed by atoms with Gasteiger partial charge in [0.05, 0.1) is 17.9 Å². The summed E-state index contributed by atoms with van der Waals surface area (Å²) < 4.78 is 1.78. The molecule has 0 aliphatic carbocycles. The van der Waals surface area contributed by atoms with E-state index in [1.165, 1.54) is 6.33 Å². The Kier molecular flexibility index (Phi) is 4.73. The molecule has 0 unspecified atom stereocenters. The highest BCUT2D eigenvalue weighted by Gasteiger charge is 2.08. The van der Waals surface area contributed by atoms with E-state index in [1.807, 2.05) is 43.4 Å². The van der Waals surface area contributed by atoms with Crippen molar-refractivity contribution in [3.05, 3.63) is 59.6 Å². The van der Waals surface area contributed by atoms with Crippen LogP contribution in [0.4, 0.5) is 11.4 Å². The molecular weight excluding hydrogens is 330 g/mol. The molecule has 3 aromatic rings. The minimum atomic E-state index is 0.622. The molecular formula is C16H16ClN5S. The smallest absolute Gasteiger partial charge is 0.137 e. The number of nitrogen functional groups attached to an aromatic ring is 1. The SMILES string of the molecule is CNc1cc(Sc2ccc(Cl)cc2Cn2cncn2)ccc1N. The Hall–Kier alpha value is -2.18. The van der Waals surface area contributed by atoms with Crippen LogP contribution in [0.25, 0.3) is 0 Å².